The largest absolute Gasteiger partial charge is 0.378 e. The van der Waals surface area contributed by atoms with E-state index in [1.807, 2.05) is 30.3 Å². The Labute approximate surface area is 175 Å². The third-order valence-corrected chi connectivity index (χ3v) is 6.65. The number of anilines is 1. The SMILES string of the molecule is CS(=O)(=O)c1ccc(NCCNC(=O)C2(c3ccccc3)CCCC2)c([N+](=O)[O-])c1. The maximum absolute atomic E-state index is 13.0. The molecule has 160 valence electrons. The van der Waals surface area contributed by atoms with Crippen LogP contribution < -0.4 is 10.6 Å². The van der Waals surface area contributed by atoms with Crippen molar-refractivity contribution in [3.63, 3.8) is 0 Å². The Hall–Kier alpha value is -2.94. The molecule has 0 aromatic heterocycles. The molecule has 0 aliphatic heterocycles. The first-order valence-corrected chi connectivity index (χ1v) is 11.7. The van der Waals surface area contributed by atoms with Gasteiger partial charge in [-0.05, 0) is 30.5 Å². The topological polar surface area (TPSA) is 118 Å². The Morgan fingerprint density at radius 3 is 2.37 bits per heavy atom. The number of nitrogens with zero attached hydrogens (tertiary/aromatic N) is 1. The van der Waals surface area contributed by atoms with Crippen LogP contribution in [0.4, 0.5) is 11.4 Å². The molecule has 3 rings (SSSR count). The van der Waals surface area contributed by atoms with Crippen LogP contribution in [0.25, 0.3) is 0 Å². The monoisotopic (exact) mass is 431 g/mol. The first kappa shape index (κ1) is 21.8. The average molecular weight is 432 g/mol. The van der Waals surface area contributed by atoms with Crippen molar-refractivity contribution in [3.05, 3.63) is 64.2 Å². The molecular weight excluding hydrogens is 406 g/mol. The number of amides is 1. The van der Waals surface area contributed by atoms with Crippen molar-refractivity contribution in [2.75, 3.05) is 24.7 Å². The molecule has 0 saturated heterocycles. The second-order valence-electron chi connectivity index (χ2n) is 7.55. The fourth-order valence-corrected chi connectivity index (χ4v) is 4.61. The van der Waals surface area contributed by atoms with Crippen LogP contribution in [0.1, 0.15) is 31.2 Å². The summed E-state index contributed by atoms with van der Waals surface area (Å²) in [6.45, 7) is 0.564. The van der Waals surface area contributed by atoms with Crippen molar-refractivity contribution >= 4 is 27.1 Å². The van der Waals surface area contributed by atoms with Gasteiger partial charge in [0.25, 0.3) is 5.69 Å². The molecule has 0 heterocycles. The number of rotatable bonds is 8. The minimum Gasteiger partial charge on any atom is -0.378 e. The molecule has 1 aliphatic carbocycles. The Balaban J connectivity index is 1.65. The normalized spacial score (nSPS) is 15.5. The van der Waals surface area contributed by atoms with Crippen LogP contribution in [0.3, 0.4) is 0 Å². The molecule has 0 radical (unpaired) electrons. The van der Waals surface area contributed by atoms with Crippen molar-refractivity contribution in [1.82, 2.24) is 5.32 Å². The number of carbonyl (C=O) groups excluding carboxylic acids is 1. The number of hydrogen-bond acceptors (Lipinski definition) is 6. The number of nitrogens with one attached hydrogen (secondary N) is 2. The maximum Gasteiger partial charge on any atom is 0.293 e. The minimum absolute atomic E-state index is 0.0325. The molecule has 2 aromatic carbocycles. The van der Waals surface area contributed by atoms with Crippen molar-refractivity contribution in [1.29, 1.82) is 0 Å². The van der Waals surface area contributed by atoms with Gasteiger partial charge in [0.1, 0.15) is 5.69 Å². The van der Waals surface area contributed by atoms with E-state index >= 15 is 0 Å². The van der Waals surface area contributed by atoms with Crippen LogP contribution in [0.15, 0.2) is 53.4 Å². The van der Waals surface area contributed by atoms with Gasteiger partial charge in [-0.25, -0.2) is 8.42 Å². The quantitative estimate of drug-likeness (QED) is 0.377. The van der Waals surface area contributed by atoms with E-state index in [1.54, 1.807) is 0 Å². The highest BCUT2D eigenvalue weighted by Crippen LogP contribution is 2.41. The Morgan fingerprint density at radius 1 is 1.10 bits per heavy atom. The molecule has 9 heteroatoms. The predicted octanol–water partition coefficient (Wildman–Crippen LogP) is 3.04. The number of carbonyl (C=O) groups is 1. The fraction of sp³-hybridized carbons (Fsp3) is 0.381. The molecule has 0 atom stereocenters. The zero-order chi connectivity index (χ0) is 21.8. The molecule has 8 nitrogen and oxygen atoms in total. The first-order valence-electron chi connectivity index (χ1n) is 9.80. The van der Waals surface area contributed by atoms with E-state index in [0.717, 1.165) is 43.6 Å². The molecule has 1 amide bonds. The van der Waals surface area contributed by atoms with Crippen LogP contribution in [-0.4, -0.2) is 38.6 Å². The second kappa shape index (κ2) is 8.83. The van der Waals surface area contributed by atoms with E-state index in [9.17, 15) is 23.3 Å². The van der Waals surface area contributed by atoms with Gasteiger partial charge >= 0.3 is 0 Å². The summed E-state index contributed by atoms with van der Waals surface area (Å²) in [7, 11) is -3.54. The lowest BCUT2D eigenvalue weighted by atomic mass is 9.78. The molecule has 2 aromatic rings. The summed E-state index contributed by atoms with van der Waals surface area (Å²) in [5.41, 5.74) is 0.380. The second-order valence-corrected chi connectivity index (χ2v) is 9.56. The van der Waals surface area contributed by atoms with Gasteiger partial charge in [0.2, 0.25) is 5.91 Å². The van der Waals surface area contributed by atoms with Crippen molar-refractivity contribution in [3.8, 4) is 0 Å². The van der Waals surface area contributed by atoms with Gasteiger partial charge in [-0.1, -0.05) is 43.2 Å². The number of sulfone groups is 1. The third kappa shape index (κ3) is 4.62. The third-order valence-electron chi connectivity index (χ3n) is 5.54. The Kier molecular flexibility index (Phi) is 6.40. The number of nitro groups is 1. The van der Waals surface area contributed by atoms with Gasteiger partial charge in [-0.2, -0.15) is 0 Å². The molecule has 0 unspecified atom stereocenters. The van der Waals surface area contributed by atoms with E-state index < -0.39 is 20.2 Å². The summed E-state index contributed by atoms with van der Waals surface area (Å²) in [6, 6.07) is 13.5. The highest BCUT2D eigenvalue weighted by Gasteiger charge is 2.42. The lowest BCUT2D eigenvalue weighted by Gasteiger charge is -2.28. The lowest BCUT2D eigenvalue weighted by Crippen LogP contribution is -2.44. The van der Waals surface area contributed by atoms with Gasteiger partial charge in [0.05, 0.1) is 15.2 Å². The van der Waals surface area contributed by atoms with Crippen LogP contribution in [0.5, 0.6) is 0 Å². The van der Waals surface area contributed by atoms with Gasteiger partial charge in [-0.15, -0.1) is 0 Å². The van der Waals surface area contributed by atoms with E-state index in [-0.39, 0.29) is 28.7 Å². The number of hydrogen-bond donors (Lipinski definition) is 2. The molecular formula is C21H25N3O5S. The summed E-state index contributed by atoms with van der Waals surface area (Å²) >= 11 is 0. The molecule has 30 heavy (non-hydrogen) atoms. The zero-order valence-corrected chi connectivity index (χ0v) is 17.6. The Bertz CT molecular complexity index is 1030. The molecule has 1 fully saturated rings. The van der Waals surface area contributed by atoms with Crippen LogP contribution in [0, 0.1) is 10.1 Å². The van der Waals surface area contributed by atoms with Crippen LogP contribution in [0.2, 0.25) is 0 Å². The van der Waals surface area contributed by atoms with Crippen LogP contribution in [-0.2, 0) is 20.0 Å². The lowest BCUT2D eigenvalue weighted by molar-refractivity contribution is -0.384. The van der Waals surface area contributed by atoms with Gasteiger partial charge in [0.15, 0.2) is 9.84 Å². The highest BCUT2D eigenvalue weighted by atomic mass is 32.2. The molecule has 0 spiro atoms. The van der Waals surface area contributed by atoms with Crippen LogP contribution >= 0.6 is 0 Å². The molecule has 1 aliphatic rings. The summed E-state index contributed by atoms with van der Waals surface area (Å²) in [5, 5.41) is 17.2. The van der Waals surface area contributed by atoms with Gasteiger partial charge in [0, 0.05) is 25.4 Å². The van der Waals surface area contributed by atoms with E-state index in [0.29, 0.717) is 6.54 Å². The smallest absolute Gasteiger partial charge is 0.293 e. The van der Waals surface area contributed by atoms with E-state index in [1.165, 1.54) is 12.1 Å². The van der Waals surface area contributed by atoms with Crippen molar-refractivity contribution in [2.24, 2.45) is 0 Å². The zero-order valence-electron chi connectivity index (χ0n) is 16.8. The van der Waals surface area contributed by atoms with E-state index in [2.05, 4.69) is 10.6 Å². The fourth-order valence-electron chi connectivity index (χ4n) is 3.97. The standard InChI is InChI=1S/C21H25N3O5S/c1-30(28,29)17-9-10-18(19(15-17)24(26)27)22-13-14-23-20(25)21(11-5-6-12-21)16-7-3-2-4-8-16/h2-4,7-10,15,22H,5-6,11-14H2,1H3,(H,23,25). The first-order chi connectivity index (χ1) is 14.2. The van der Waals surface area contributed by atoms with E-state index in [4.69, 9.17) is 0 Å². The summed E-state index contributed by atoms with van der Waals surface area (Å²) < 4.78 is 23.3. The molecule has 0 bridgehead atoms. The maximum atomic E-state index is 13.0. The summed E-state index contributed by atoms with van der Waals surface area (Å²) in [4.78, 5) is 23.6. The number of benzene rings is 2. The van der Waals surface area contributed by atoms with Crippen molar-refractivity contribution in [2.45, 2.75) is 36.0 Å². The summed E-state index contributed by atoms with van der Waals surface area (Å²) in [6.07, 6.45) is 4.60. The molecule has 2 N–H and O–H groups in total. The van der Waals surface area contributed by atoms with Gasteiger partial charge in [-0.3, -0.25) is 14.9 Å². The highest BCUT2D eigenvalue weighted by molar-refractivity contribution is 7.90. The predicted molar refractivity (Wildman–Crippen MR) is 114 cm³/mol. The Morgan fingerprint density at radius 2 is 1.77 bits per heavy atom. The minimum atomic E-state index is -3.54. The van der Waals surface area contributed by atoms with Crippen molar-refractivity contribution < 1.29 is 18.1 Å². The molecule has 1 saturated carbocycles. The average Bonchev–Trinajstić information content (AvgIpc) is 3.22. The van der Waals surface area contributed by atoms with Gasteiger partial charge < -0.3 is 10.6 Å². The summed E-state index contributed by atoms with van der Waals surface area (Å²) in [5.74, 6) is -0.0325. The number of nitro benzene ring substituents is 1.